The molecule has 1 saturated heterocycles. The van der Waals surface area contributed by atoms with E-state index in [2.05, 4.69) is 0 Å². The van der Waals surface area contributed by atoms with Crippen LogP contribution in [-0.2, 0) is 4.74 Å². The quantitative estimate of drug-likeness (QED) is 0.769. The second-order valence-electron chi connectivity index (χ2n) is 3.90. The summed E-state index contributed by atoms with van der Waals surface area (Å²) < 4.78 is 10.2. The van der Waals surface area contributed by atoms with Crippen molar-refractivity contribution in [2.75, 3.05) is 12.0 Å². The molecule has 0 radical (unpaired) electrons. The molecular weight excluding hydrogens is 206 g/mol. The number of nitrogens with zero attached hydrogens (tertiary/aromatic N) is 1. The van der Waals surface area contributed by atoms with Crippen LogP contribution in [0.25, 0.3) is 0 Å². The van der Waals surface area contributed by atoms with Gasteiger partial charge in [-0.25, -0.2) is 4.79 Å². The average Bonchev–Trinajstić information content (AvgIpc) is 2.54. The summed E-state index contributed by atoms with van der Waals surface area (Å²) in [5, 5.41) is 0. The molecule has 0 unspecified atom stereocenters. The fourth-order valence-corrected chi connectivity index (χ4v) is 1.77. The van der Waals surface area contributed by atoms with Crippen molar-refractivity contribution >= 4 is 11.8 Å². The van der Waals surface area contributed by atoms with Crippen LogP contribution in [0.3, 0.4) is 0 Å². The number of rotatable bonds is 2. The maximum Gasteiger partial charge on any atom is 0.415 e. The number of methoxy groups -OCH3 is 1. The normalized spacial score (nSPS) is 24.4. The molecule has 1 aromatic carbocycles. The van der Waals surface area contributed by atoms with Crippen LogP contribution in [-0.4, -0.2) is 25.3 Å². The number of carbonyl (C=O) groups excluding carboxylic acids is 1. The highest BCUT2D eigenvalue weighted by Crippen LogP contribution is 2.27. The third-order valence-corrected chi connectivity index (χ3v) is 2.92. The Hall–Kier alpha value is -1.71. The summed E-state index contributed by atoms with van der Waals surface area (Å²) in [6, 6.07) is 7.43. The zero-order valence-electron chi connectivity index (χ0n) is 9.64. The lowest BCUT2D eigenvalue weighted by Gasteiger charge is -2.19. The smallest absolute Gasteiger partial charge is 0.415 e. The highest BCUT2D eigenvalue weighted by molar-refractivity contribution is 5.90. The molecule has 0 aliphatic carbocycles. The maximum atomic E-state index is 11.6. The second kappa shape index (κ2) is 4.04. The Kier molecular flexibility index (Phi) is 2.73. The monoisotopic (exact) mass is 221 g/mol. The Morgan fingerprint density at radius 1 is 1.25 bits per heavy atom. The molecule has 0 bridgehead atoms. The number of ether oxygens (including phenoxy) is 2. The number of hydrogen-bond donors (Lipinski definition) is 0. The van der Waals surface area contributed by atoms with Crippen LogP contribution in [0.15, 0.2) is 24.3 Å². The second-order valence-corrected chi connectivity index (χ2v) is 3.90. The van der Waals surface area contributed by atoms with Crippen LogP contribution in [0.2, 0.25) is 0 Å². The van der Waals surface area contributed by atoms with Crippen LogP contribution >= 0.6 is 0 Å². The number of carbonyl (C=O) groups is 1. The Morgan fingerprint density at radius 3 is 2.31 bits per heavy atom. The van der Waals surface area contributed by atoms with E-state index in [0.717, 1.165) is 11.4 Å². The summed E-state index contributed by atoms with van der Waals surface area (Å²) >= 11 is 0. The lowest BCUT2D eigenvalue weighted by atomic mass is 10.2. The molecule has 1 aromatic rings. The first kappa shape index (κ1) is 10.8. The number of cyclic esters (lactones) is 1. The van der Waals surface area contributed by atoms with Crippen molar-refractivity contribution in [3.8, 4) is 5.75 Å². The number of amides is 1. The average molecular weight is 221 g/mol. The van der Waals surface area contributed by atoms with Gasteiger partial charge < -0.3 is 9.47 Å². The summed E-state index contributed by atoms with van der Waals surface area (Å²) in [6.07, 6.45) is -0.361. The van der Waals surface area contributed by atoms with Crippen molar-refractivity contribution in [2.45, 2.75) is 26.0 Å². The van der Waals surface area contributed by atoms with E-state index in [4.69, 9.17) is 9.47 Å². The van der Waals surface area contributed by atoms with Crippen molar-refractivity contribution in [3.05, 3.63) is 24.3 Å². The van der Waals surface area contributed by atoms with E-state index in [0.29, 0.717) is 0 Å². The summed E-state index contributed by atoms with van der Waals surface area (Å²) in [7, 11) is 1.61. The lowest BCUT2D eigenvalue weighted by molar-refractivity contribution is 0.143. The van der Waals surface area contributed by atoms with Gasteiger partial charge in [0.05, 0.1) is 13.2 Å². The molecule has 1 aliphatic heterocycles. The highest BCUT2D eigenvalue weighted by atomic mass is 16.6. The largest absolute Gasteiger partial charge is 0.497 e. The number of benzene rings is 1. The van der Waals surface area contributed by atoms with Crippen molar-refractivity contribution in [2.24, 2.45) is 0 Å². The van der Waals surface area contributed by atoms with Gasteiger partial charge in [0, 0.05) is 5.69 Å². The fourth-order valence-electron chi connectivity index (χ4n) is 1.77. The van der Waals surface area contributed by atoms with Gasteiger partial charge in [-0.3, -0.25) is 4.90 Å². The van der Waals surface area contributed by atoms with Crippen molar-refractivity contribution in [1.29, 1.82) is 0 Å². The van der Waals surface area contributed by atoms with E-state index < -0.39 is 0 Å². The van der Waals surface area contributed by atoms with Crippen molar-refractivity contribution in [1.82, 2.24) is 0 Å². The van der Waals surface area contributed by atoms with Gasteiger partial charge in [-0.05, 0) is 38.1 Å². The van der Waals surface area contributed by atoms with E-state index in [1.165, 1.54) is 0 Å². The Labute approximate surface area is 94.8 Å². The predicted octanol–water partition coefficient (Wildman–Crippen LogP) is 2.43. The van der Waals surface area contributed by atoms with E-state index in [-0.39, 0.29) is 18.2 Å². The summed E-state index contributed by atoms with van der Waals surface area (Å²) in [6.45, 7) is 3.87. The zero-order valence-corrected chi connectivity index (χ0v) is 9.64. The highest BCUT2D eigenvalue weighted by Gasteiger charge is 2.36. The van der Waals surface area contributed by atoms with Gasteiger partial charge in [-0.1, -0.05) is 0 Å². The molecule has 86 valence electrons. The predicted molar refractivity (Wildman–Crippen MR) is 60.9 cm³/mol. The minimum atomic E-state index is -0.287. The molecule has 1 fully saturated rings. The van der Waals surface area contributed by atoms with Gasteiger partial charge in [-0.2, -0.15) is 0 Å². The van der Waals surface area contributed by atoms with Gasteiger partial charge in [0.25, 0.3) is 0 Å². The maximum absolute atomic E-state index is 11.6. The van der Waals surface area contributed by atoms with Crippen LogP contribution in [0.5, 0.6) is 5.75 Å². The molecule has 2 atom stereocenters. The molecule has 0 N–H and O–H groups in total. The Morgan fingerprint density at radius 2 is 1.88 bits per heavy atom. The topological polar surface area (TPSA) is 38.8 Å². The summed E-state index contributed by atoms with van der Waals surface area (Å²) in [4.78, 5) is 13.3. The van der Waals surface area contributed by atoms with E-state index in [1.807, 2.05) is 38.1 Å². The molecule has 4 heteroatoms. The van der Waals surface area contributed by atoms with Crippen LogP contribution in [0.1, 0.15) is 13.8 Å². The van der Waals surface area contributed by atoms with Gasteiger partial charge >= 0.3 is 6.09 Å². The SMILES string of the molecule is COc1ccc(N2C(=O)O[C@@H](C)[C@H]2C)cc1. The molecule has 0 saturated carbocycles. The summed E-state index contributed by atoms with van der Waals surface area (Å²) in [5.41, 5.74) is 0.836. The molecular formula is C12H15NO3. The van der Waals surface area contributed by atoms with E-state index >= 15 is 0 Å². The molecule has 0 spiro atoms. The zero-order chi connectivity index (χ0) is 11.7. The Balaban J connectivity index is 2.26. The Bertz CT molecular complexity index is 388. The van der Waals surface area contributed by atoms with Gasteiger partial charge in [0.15, 0.2) is 0 Å². The van der Waals surface area contributed by atoms with Crippen molar-refractivity contribution < 1.29 is 14.3 Å². The van der Waals surface area contributed by atoms with Gasteiger partial charge in [0.2, 0.25) is 0 Å². The molecule has 1 amide bonds. The van der Waals surface area contributed by atoms with Crippen LogP contribution < -0.4 is 9.64 Å². The van der Waals surface area contributed by atoms with Crippen LogP contribution in [0, 0.1) is 0 Å². The molecule has 0 aromatic heterocycles. The third kappa shape index (κ3) is 1.71. The minimum Gasteiger partial charge on any atom is -0.497 e. The molecule has 1 aliphatic rings. The van der Waals surface area contributed by atoms with Crippen LogP contribution in [0.4, 0.5) is 10.5 Å². The standard InChI is InChI=1S/C12H15NO3/c1-8-9(2)16-12(14)13(8)10-4-6-11(15-3)7-5-10/h4-9H,1-3H3/t8-,9+/m1/s1. The molecule has 2 rings (SSSR count). The van der Waals surface area contributed by atoms with Gasteiger partial charge in [0.1, 0.15) is 11.9 Å². The van der Waals surface area contributed by atoms with E-state index in [9.17, 15) is 4.79 Å². The molecule has 4 nitrogen and oxygen atoms in total. The number of hydrogen-bond acceptors (Lipinski definition) is 3. The first-order chi connectivity index (χ1) is 7.63. The fraction of sp³-hybridized carbons (Fsp3) is 0.417. The summed E-state index contributed by atoms with van der Waals surface area (Å²) in [5.74, 6) is 0.775. The molecule has 1 heterocycles. The number of anilines is 1. The molecule has 16 heavy (non-hydrogen) atoms. The first-order valence-corrected chi connectivity index (χ1v) is 5.27. The first-order valence-electron chi connectivity index (χ1n) is 5.27. The van der Waals surface area contributed by atoms with Crippen molar-refractivity contribution in [3.63, 3.8) is 0 Å². The van der Waals surface area contributed by atoms with E-state index in [1.54, 1.807) is 12.0 Å². The minimum absolute atomic E-state index is 0.0564. The third-order valence-electron chi connectivity index (χ3n) is 2.92. The van der Waals surface area contributed by atoms with Gasteiger partial charge in [-0.15, -0.1) is 0 Å². The lowest BCUT2D eigenvalue weighted by Crippen LogP contribution is -2.32.